The highest BCUT2D eigenvalue weighted by molar-refractivity contribution is 6.07. The second-order valence-electron chi connectivity index (χ2n) is 8.05. The Hall–Kier alpha value is -2.37. The van der Waals surface area contributed by atoms with Gasteiger partial charge < -0.3 is 14.5 Å². The number of benzene rings is 1. The lowest BCUT2D eigenvalue weighted by Gasteiger charge is -2.37. The van der Waals surface area contributed by atoms with Crippen LogP contribution in [0.4, 0.5) is 4.79 Å². The predicted octanol–water partition coefficient (Wildman–Crippen LogP) is 3.36. The smallest absolute Gasteiger partial charge is 0.410 e. The number of hydrogen-bond acceptors (Lipinski definition) is 4. The van der Waals surface area contributed by atoms with Crippen LogP contribution in [0.5, 0.6) is 0 Å². The molecular formula is C21H28N2O4. The summed E-state index contributed by atoms with van der Waals surface area (Å²) in [5.41, 5.74) is 0.420. The van der Waals surface area contributed by atoms with Crippen molar-refractivity contribution in [3.8, 4) is 0 Å². The van der Waals surface area contributed by atoms with Gasteiger partial charge >= 0.3 is 6.09 Å². The van der Waals surface area contributed by atoms with Gasteiger partial charge in [-0.25, -0.2) is 4.79 Å². The molecule has 2 fully saturated rings. The summed E-state index contributed by atoms with van der Waals surface area (Å²) >= 11 is 0. The lowest BCUT2D eigenvalue weighted by molar-refractivity contribution is 0.00307. The zero-order chi connectivity index (χ0) is 19.6. The van der Waals surface area contributed by atoms with Crippen LogP contribution in [-0.2, 0) is 4.74 Å². The molecule has 0 bridgehead atoms. The number of rotatable bonds is 5. The molecule has 27 heavy (non-hydrogen) atoms. The lowest BCUT2D eigenvalue weighted by Crippen LogP contribution is -2.49. The molecule has 0 aromatic heterocycles. The minimum atomic E-state index is -0.481. The van der Waals surface area contributed by atoms with Crippen molar-refractivity contribution in [3.63, 3.8) is 0 Å². The Balaban J connectivity index is 1.63. The molecule has 2 heterocycles. The fourth-order valence-corrected chi connectivity index (χ4v) is 3.80. The Morgan fingerprint density at radius 3 is 2.37 bits per heavy atom. The molecule has 2 saturated heterocycles. The summed E-state index contributed by atoms with van der Waals surface area (Å²) in [6.07, 6.45) is 1.98. The molecular weight excluding hydrogens is 344 g/mol. The number of carbonyl (C=O) groups excluding carboxylic acids is 3. The molecule has 146 valence electrons. The third-order valence-corrected chi connectivity index (χ3v) is 5.52. The molecule has 0 atom stereocenters. The van der Waals surface area contributed by atoms with E-state index >= 15 is 0 Å². The molecule has 0 unspecified atom stereocenters. The third-order valence-electron chi connectivity index (χ3n) is 5.52. The van der Waals surface area contributed by atoms with E-state index < -0.39 is 5.60 Å². The lowest BCUT2D eigenvalue weighted by atomic mass is 9.90. The van der Waals surface area contributed by atoms with Crippen molar-refractivity contribution in [1.29, 1.82) is 0 Å². The van der Waals surface area contributed by atoms with E-state index in [4.69, 9.17) is 4.74 Å². The topological polar surface area (TPSA) is 66.9 Å². The van der Waals surface area contributed by atoms with Crippen molar-refractivity contribution in [3.05, 3.63) is 35.4 Å². The Kier molecular flexibility index (Phi) is 5.53. The van der Waals surface area contributed by atoms with E-state index in [0.29, 0.717) is 56.1 Å². The molecule has 0 radical (unpaired) electrons. The van der Waals surface area contributed by atoms with Gasteiger partial charge in [0.15, 0.2) is 5.78 Å². The number of Topliss-reactive ketones (excluding diaryl/α,β-unsaturated/α-hetero) is 1. The summed E-state index contributed by atoms with van der Waals surface area (Å²) < 4.78 is 5.73. The van der Waals surface area contributed by atoms with Gasteiger partial charge in [-0.05, 0) is 25.3 Å². The zero-order valence-electron chi connectivity index (χ0n) is 16.4. The van der Waals surface area contributed by atoms with Crippen LogP contribution in [0.2, 0.25) is 0 Å². The summed E-state index contributed by atoms with van der Waals surface area (Å²) in [6.45, 7) is 8.12. The Labute approximate surface area is 160 Å². The van der Waals surface area contributed by atoms with Crippen LogP contribution in [0.25, 0.3) is 0 Å². The van der Waals surface area contributed by atoms with E-state index in [0.717, 1.165) is 6.42 Å². The van der Waals surface area contributed by atoms with E-state index in [1.807, 2.05) is 0 Å². The van der Waals surface area contributed by atoms with Crippen molar-refractivity contribution in [2.75, 3.05) is 26.2 Å². The summed E-state index contributed by atoms with van der Waals surface area (Å²) in [7, 11) is 0. The number of carbonyl (C=O) groups is 3. The number of ether oxygens (including phenoxy) is 1. The van der Waals surface area contributed by atoms with E-state index in [1.54, 1.807) is 34.1 Å². The number of nitrogens with zero attached hydrogens (tertiary/aromatic N) is 2. The molecule has 1 spiro atoms. The SMILES string of the molecule is CC(=O)c1ccccc1C(=O)N1CCC2(CC1)CN(CCC(C)C)C(=O)O2. The first-order valence-electron chi connectivity index (χ1n) is 9.68. The molecule has 3 rings (SSSR count). The number of piperidine rings is 1. The normalized spacial score (nSPS) is 18.9. The van der Waals surface area contributed by atoms with Crippen LogP contribution >= 0.6 is 0 Å². The summed E-state index contributed by atoms with van der Waals surface area (Å²) in [6, 6.07) is 6.93. The average molecular weight is 372 g/mol. The monoisotopic (exact) mass is 372 g/mol. The van der Waals surface area contributed by atoms with Crippen molar-refractivity contribution in [2.24, 2.45) is 5.92 Å². The second-order valence-corrected chi connectivity index (χ2v) is 8.05. The molecule has 0 saturated carbocycles. The van der Waals surface area contributed by atoms with Gasteiger partial charge in [-0.15, -0.1) is 0 Å². The van der Waals surface area contributed by atoms with E-state index in [1.165, 1.54) is 6.92 Å². The van der Waals surface area contributed by atoms with E-state index in [2.05, 4.69) is 13.8 Å². The fourth-order valence-electron chi connectivity index (χ4n) is 3.80. The molecule has 2 amide bonds. The predicted molar refractivity (Wildman–Crippen MR) is 102 cm³/mol. The molecule has 1 aromatic carbocycles. The van der Waals surface area contributed by atoms with Crippen molar-refractivity contribution >= 4 is 17.8 Å². The zero-order valence-corrected chi connectivity index (χ0v) is 16.4. The second kappa shape index (κ2) is 7.71. The highest BCUT2D eigenvalue weighted by Crippen LogP contribution is 2.34. The first-order chi connectivity index (χ1) is 12.8. The van der Waals surface area contributed by atoms with Crippen molar-refractivity contribution in [1.82, 2.24) is 9.80 Å². The molecule has 6 heteroatoms. The van der Waals surface area contributed by atoms with Gasteiger partial charge in [-0.3, -0.25) is 9.59 Å². The maximum absolute atomic E-state index is 12.9. The fraction of sp³-hybridized carbons (Fsp3) is 0.571. The number of ketones is 1. The number of amides is 2. The Bertz CT molecular complexity index is 735. The largest absolute Gasteiger partial charge is 0.441 e. The molecule has 2 aliphatic rings. The van der Waals surface area contributed by atoms with Crippen molar-refractivity contribution < 1.29 is 19.1 Å². The maximum Gasteiger partial charge on any atom is 0.410 e. The van der Waals surface area contributed by atoms with Gasteiger partial charge in [0.2, 0.25) is 0 Å². The first kappa shape index (κ1) is 19.4. The standard InChI is InChI=1S/C21H28N2O4/c1-15(2)8-11-23-14-21(27-20(23)26)9-12-22(13-10-21)19(25)18-7-5-4-6-17(18)16(3)24/h4-7,15H,8-14H2,1-3H3. The van der Waals surface area contributed by atoms with Crippen LogP contribution in [0, 0.1) is 5.92 Å². The average Bonchev–Trinajstić information content (AvgIpc) is 2.95. The van der Waals surface area contributed by atoms with Gasteiger partial charge in [0, 0.05) is 38.0 Å². The Morgan fingerprint density at radius 2 is 1.78 bits per heavy atom. The Morgan fingerprint density at radius 1 is 1.15 bits per heavy atom. The highest BCUT2D eigenvalue weighted by atomic mass is 16.6. The summed E-state index contributed by atoms with van der Waals surface area (Å²) in [5.74, 6) is 0.296. The van der Waals surface area contributed by atoms with Crippen molar-refractivity contribution in [2.45, 2.75) is 45.6 Å². The van der Waals surface area contributed by atoms with Gasteiger partial charge in [-0.1, -0.05) is 32.0 Å². The minimum Gasteiger partial charge on any atom is -0.441 e. The van der Waals surface area contributed by atoms with E-state index in [9.17, 15) is 14.4 Å². The summed E-state index contributed by atoms with van der Waals surface area (Å²) in [5, 5.41) is 0. The van der Waals surface area contributed by atoms with Crippen LogP contribution in [0.3, 0.4) is 0 Å². The van der Waals surface area contributed by atoms with Crippen LogP contribution in [0.1, 0.15) is 60.7 Å². The summed E-state index contributed by atoms with van der Waals surface area (Å²) in [4.78, 5) is 40.5. The molecule has 1 aromatic rings. The molecule has 0 aliphatic carbocycles. The minimum absolute atomic E-state index is 0.113. The number of likely N-dealkylation sites (tertiary alicyclic amines) is 1. The quantitative estimate of drug-likeness (QED) is 0.744. The first-order valence-corrected chi connectivity index (χ1v) is 9.68. The molecule has 6 nitrogen and oxygen atoms in total. The molecule has 2 aliphatic heterocycles. The van der Waals surface area contributed by atoms with Crippen LogP contribution in [0.15, 0.2) is 24.3 Å². The highest BCUT2D eigenvalue weighted by Gasteiger charge is 2.47. The van der Waals surface area contributed by atoms with Gasteiger partial charge in [0.05, 0.1) is 12.1 Å². The van der Waals surface area contributed by atoms with Gasteiger partial charge in [0.25, 0.3) is 5.91 Å². The maximum atomic E-state index is 12.9. The third kappa shape index (κ3) is 4.15. The number of hydrogen-bond donors (Lipinski definition) is 0. The van der Waals surface area contributed by atoms with Crippen LogP contribution < -0.4 is 0 Å². The van der Waals surface area contributed by atoms with Crippen LogP contribution in [-0.4, -0.2) is 59.4 Å². The molecule has 0 N–H and O–H groups in total. The van der Waals surface area contributed by atoms with E-state index in [-0.39, 0.29) is 17.8 Å². The van der Waals surface area contributed by atoms with Gasteiger partial charge in [0.1, 0.15) is 5.60 Å². The van der Waals surface area contributed by atoms with Gasteiger partial charge in [-0.2, -0.15) is 0 Å².